The van der Waals surface area contributed by atoms with Crippen LogP contribution in [0.4, 0.5) is 5.69 Å². The summed E-state index contributed by atoms with van der Waals surface area (Å²) in [6, 6.07) is 11.3. The standard InChI is InChI=1S/C19H21N3O2S/c1-3-13(2)21-18(24)15-8-6-14(7-9-15)11-22-16-5-4-10-20-19(16)25-12-17(22)23/h4-10,13H,3,11-12H2,1-2H3,(H,21,24). The summed E-state index contributed by atoms with van der Waals surface area (Å²) < 4.78 is 0. The number of carbonyl (C=O) groups excluding carboxylic acids is 2. The molecule has 1 aromatic carbocycles. The number of thioether (sulfide) groups is 1. The van der Waals surface area contributed by atoms with Crippen LogP contribution >= 0.6 is 11.8 Å². The Labute approximate surface area is 151 Å². The fourth-order valence-corrected chi connectivity index (χ4v) is 3.45. The van der Waals surface area contributed by atoms with Gasteiger partial charge >= 0.3 is 0 Å². The lowest BCUT2D eigenvalue weighted by molar-refractivity contribution is -0.116. The number of amides is 2. The minimum absolute atomic E-state index is 0.0686. The first-order valence-electron chi connectivity index (χ1n) is 8.36. The van der Waals surface area contributed by atoms with Crippen molar-refractivity contribution in [3.8, 4) is 0 Å². The lowest BCUT2D eigenvalue weighted by Gasteiger charge is -2.28. The molecule has 2 amide bonds. The molecule has 1 aromatic heterocycles. The second-order valence-corrected chi connectivity index (χ2v) is 7.04. The van der Waals surface area contributed by atoms with E-state index in [1.54, 1.807) is 23.2 Å². The van der Waals surface area contributed by atoms with Crippen molar-refractivity contribution in [1.82, 2.24) is 10.3 Å². The molecule has 0 fully saturated rings. The molecule has 1 aliphatic rings. The van der Waals surface area contributed by atoms with E-state index in [0.29, 0.717) is 17.9 Å². The number of nitrogens with zero attached hydrogens (tertiary/aromatic N) is 2. The van der Waals surface area contributed by atoms with Crippen LogP contribution in [0.2, 0.25) is 0 Å². The molecule has 130 valence electrons. The highest BCUT2D eigenvalue weighted by atomic mass is 32.2. The topological polar surface area (TPSA) is 62.3 Å². The Bertz CT molecular complexity index is 776. The van der Waals surface area contributed by atoms with Gasteiger partial charge in [0.1, 0.15) is 5.03 Å². The van der Waals surface area contributed by atoms with Gasteiger partial charge < -0.3 is 10.2 Å². The van der Waals surface area contributed by atoms with Gasteiger partial charge in [-0.2, -0.15) is 0 Å². The van der Waals surface area contributed by atoms with Crippen molar-refractivity contribution in [2.75, 3.05) is 10.7 Å². The van der Waals surface area contributed by atoms with E-state index in [-0.39, 0.29) is 17.9 Å². The lowest BCUT2D eigenvalue weighted by Crippen LogP contribution is -2.35. The molecule has 3 rings (SSSR count). The van der Waals surface area contributed by atoms with Gasteiger partial charge in [0.2, 0.25) is 5.91 Å². The Hall–Kier alpha value is -2.34. The third kappa shape index (κ3) is 4.02. The van der Waals surface area contributed by atoms with Gasteiger partial charge in [-0.05, 0) is 43.2 Å². The minimum Gasteiger partial charge on any atom is -0.350 e. The number of hydrogen-bond donors (Lipinski definition) is 1. The van der Waals surface area contributed by atoms with Crippen molar-refractivity contribution < 1.29 is 9.59 Å². The predicted octanol–water partition coefficient (Wildman–Crippen LogP) is 3.25. The molecule has 2 heterocycles. The molecule has 0 saturated heterocycles. The Morgan fingerprint density at radius 2 is 2.08 bits per heavy atom. The molecule has 0 saturated carbocycles. The number of carbonyl (C=O) groups is 2. The minimum atomic E-state index is -0.0686. The summed E-state index contributed by atoms with van der Waals surface area (Å²) in [6.45, 7) is 4.50. The van der Waals surface area contributed by atoms with Crippen LogP contribution in [0.3, 0.4) is 0 Å². The van der Waals surface area contributed by atoms with E-state index < -0.39 is 0 Å². The van der Waals surface area contributed by atoms with Gasteiger partial charge in [0.15, 0.2) is 0 Å². The quantitative estimate of drug-likeness (QED) is 0.894. The number of nitrogens with one attached hydrogen (secondary N) is 1. The van der Waals surface area contributed by atoms with Crippen molar-refractivity contribution in [2.24, 2.45) is 0 Å². The van der Waals surface area contributed by atoms with E-state index in [1.807, 2.05) is 38.1 Å². The molecule has 6 heteroatoms. The molecule has 0 radical (unpaired) electrons. The molecule has 25 heavy (non-hydrogen) atoms. The van der Waals surface area contributed by atoms with Crippen LogP contribution in [0.5, 0.6) is 0 Å². The maximum Gasteiger partial charge on any atom is 0.251 e. The summed E-state index contributed by atoms with van der Waals surface area (Å²) >= 11 is 1.47. The summed E-state index contributed by atoms with van der Waals surface area (Å²) in [5.74, 6) is 0.407. The smallest absolute Gasteiger partial charge is 0.251 e. The summed E-state index contributed by atoms with van der Waals surface area (Å²) in [7, 11) is 0. The molecule has 1 N–H and O–H groups in total. The first-order valence-corrected chi connectivity index (χ1v) is 9.35. The van der Waals surface area contributed by atoms with Gasteiger partial charge in [0.05, 0.1) is 18.0 Å². The predicted molar refractivity (Wildman–Crippen MR) is 99.8 cm³/mol. The maximum absolute atomic E-state index is 12.3. The van der Waals surface area contributed by atoms with Gasteiger partial charge in [-0.3, -0.25) is 9.59 Å². The summed E-state index contributed by atoms with van der Waals surface area (Å²) in [4.78, 5) is 30.5. The molecule has 1 aliphatic heterocycles. The second kappa shape index (κ2) is 7.70. The van der Waals surface area contributed by atoms with E-state index >= 15 is 0 Å². The van der Waals surface area contributed by atoms with Gasteiger partial charge in [-0.15, -0.1) is 0 Å². The van der Waals surface area contributed by atoms with Crippen LogP contribution in [0, 0.1) is 0 Å². The van der Waals surface area contributed by atoms with Gasteiger partial charge in [-0.1, -0.05) is 30.8 Å². The zero-order chi connectivity index (χ0) is 17.8. The van der Waals surface area contributed by atoms with E-state index in [1.165, 1.54) is 11.8 Å². The molecule has 0 bridgehead atoms. The maximum atomic E-state index is 12.3. The third-order valence-corrected chi connectivity index (χ3v) is 5.20. The normalized spacial score (nSPS) is 14.8. The van der Waals surface area contributed by atoms with Crippen LogP contribution in [0.1, 0.15) is 36.2 Å². The average molecular weight is 355 g/mol. The fourth-order valence-electron chi connectivity index (χ4n) is 2.57. The number of rotatable bonds is 5. The van der Waals surface area contributed by atoms with Crippen molar-refractivity contribution in [1.29, 1.82) is 0 Å². The highest BCUT2D eigenvalue weighted by molar-refractivity contribution is 8.00. The zero-order valence-electron chi connectivity index (χ0n) is 14.4. The fraction of sp³-hybridized carbons (Fsp3) is 0.316. The first kappa shape index (κ1) is 17.5. The Kier molecular flexibility index (Phi) is 5.38. The van der Waals surface area contributed by atoms with E-state index in [2.05, 4.69) is 10.3 Å². The largest absolute Gasteiger partial charge is 0.350 e. The molecule has 0 aliphatic carbocycles. The number of benzene rings is 1. The van der Waals surface area contributed by atoms with Crippen LogP contribution in [0.15, 0.2) is 47.6 Å². The molecular weight excluding hydrogens is 334 g/mol. The Morgan fingerprint density at radius 1 is 1.32 bits per heavy atom. The van der Waals surface area contributed by atoms with Crippen LogP contribution in [-0.2, 0) is 11.3 Å². The van der Waals surface area contributed by atoms with Crippen LogP contribution in [0.25, 0.3) is 0 Å². The summed E-state index contributed by atoms with van der Waals surface area (Å²) in [5, 5.41) is 3.83. The molecule has 2 aromatic rings. The first-order chi connectivity index (χ1) is 12.1. The molecule has 1 atom stereocenters. The number of anilines is 1. The number of hydrogen-bond acceptors (Lipinski definition) is 4. The molecule has 0 spiro atoms. The van der Waals surface area contributed by atoms with Crippen LogP contribution < -0.4 is 10.2 Å². The third-order valence-electron chi connectivity index (χ3n) is 4.22. The van der Waals surface area contributed by atoms with Crippen molar-refractivity contribution in [3.05, 3.63) is 53.7 Å². The van der Waals surface area contributed by atoms with E-state index in [9.17, 15) is 9.59 Å². The van der Waals surface area contributed by atoms with Crippen LogP contribution in [-0.4, -0.2) is 28.6 Å². The van der Waals surface area contributed by atoms with Crippen molar-refractivity contribution in [3.63, 3.8) is 0 Å². The highest BCUT2D eigenvalue weighted by Gasteiger charge is 2.25. The summed E-state index contributed by atoms with van der Waals surface area (Å²) in [5.41, 5.74) is 2.46. The monoisotopic (exact) mass is 355 g/mol. The highest BCUT2D eigenvalue weighted by Crippen LogP contribution is 2.33. The van der Waals surface area contributed by atoms with E-state index in [0.717, 1.165) is 22.7 Å². The molecular formula is C19H21N3O2S. The van der Waals surface area contributed by atoms with Crippen molar-refractivity contribution >= 4 is 29.3 Å². The van der Waals surface area contributed by atoms with Crippen molar-refractivity contribution in [2.45, 2.75) is 37.9 Å². The lowest BCUT2D eigenvalue weighted by atomic mass is 10.1. The Morgan fingerprint density at radius 3 is 2.80 bits per heavy atom. The van der Waals surface area contributed by atoms with Gasteiger partial charge in [0.25, 0.3) is 5.91 Å². The van der Waals surface area contributed by atoms with E-state index in [4.69, 9.17) is 0 Å². The second-order valence-electron chi connectivity index (χ2n) is 6.08. The van der Waals surface area contributed by atoms with Gasteiger partial charge in [0, 0.05) is 17.8 Å². The zero-order valence-corrected chi connectivity index (χ0v) is 15.2. The molecule has 5 nitrogen and oxygen atoms in total. The Balaban J connectivity index is 1.74. The molecule has 1 unspecified atom stereocenters. The number of fused-ring (bicyclic) bond motifs is 1. The average Bonchev–Trinajstić information content (AvgIpc) is 2.64. The SMILES string of the molecule is CCC(C)NC(=O)c1ccc(CN2C(=O)CSc3ncccc32)cc1. The number of pyridine rings is 1. The summed E-state index contributed by atoms with van der Waals surface area (Å²) in [6.07, 6.45) is 2.64. The van der Waals surface area contributed by atoms with Gasteiger partial charge in [-0.25, -0.2) is 4.98 Å². The number of aromatic nitrogens is 1.